The van der Waals surface area contributed by atoms with Gasteiger partial charge in [0.15, 0.2) is 0 Å². The highest BCUT2D eigenvalue weighted by molar-refractivity contribution is 5.71. The average Bonchev–Trinajstić information content (AvgIpc) is 2.26. The van der Waals surface area contributed by atoms with E-state index in [2.05, 4.69) is 0 Å². The van der Waals surface area contributed by atoms with Crippen molar-refractivity contribution in [3.63, 3.8) is 0 Å². The third-order valence-electron chi connectivity index (χ3n) is 2.36. The van der Waals surface area contributed by atoms with Crippen molar-refractivity contribution in [3.05, 3.63) is 0 Å². The molecule has 0 aromatic rings. The minimum Gasteiger partial charge on any atom is -0.350 e. The van der Waals surface area contributed by atoms with Crippen molar-refractivity contribution in [2.24, 2.45) is 23.2 Å². The van der Waals surface area contributed by atoms with Gasteiger partial charge in [-0.1, -0.05) is 19.3 Å². The second-order valence-electron chi connectivity index (χ2n) is 3.83. The van der Waals surface area contributed by atoms with E-state index in [9.17, 15) is 9.59 Å². The molecule has 0 aromatic heterocycles. The first-order valence-corrected chi connectivity index (χ1v) is 5.58. The zero-order valence-electron chi connectivity index (χ0n) is 9.97. The van der Waals surface area contributed by atoms with Crippen molar-refractivity contribution in [1.82, 2.24) is 10.0 Å². The molecule has 0 saturated heterocycles. The highest BCUT2D eigenvalue weighted by Gasteiger charge is 2.03. The predicted molar refractivity (Wildman–Crippen MR) is 64.0 cm³/mol. The minimum atomic E-state index is -0.620. The van der Waals surface area contributed by atoms with E-state index in [0.717, 1.165) is 42.1 Å². The Morgan fingerprint density at radius 1 is 0.706 bits per heavy atom. The van der Waals surface area contributed by atoms with Crippen LogP contribution in [0.3, 0.4) is 0 Å². The molecule has 0 atom stereocenters. The second-order valence-corrected chi connectivity index (χ2v) is 3.83. The Kier molecular flexibility index (Phi) is 7.82. The van der Waals surface area contributed by atoms with Gasteiger partial charge in [-0.2, -0.15) is 0 Å². The zero-order valence-corrected chi connectivity index (χ0v) is 9.97. The molecule has 4 amide bonds. The van der Waals surface area contributed by atoms with Crippen LogP contribution in [0.25, 0.3) is 0 Å². The molecule has 100 valence electrons. The molecule has 17 heavy (non-hydrogen) atoms. The molecule has 0 unspecified atom stereocenters. The van der Waals surface area contributed by atoms with Crippen LogP contribution in [0.4, 0.5) is 9.59 Å². The van der Waals surface area contributed by atoms with Gasteiger partial charge in [0.25, 0.3) is 0 Å². The van der Waals surface area contributed by atoms with Gasteiger partial charge in [0.1, 0.15) is 0 Å². The Balaban J connectivity index is 3.30. The lowest BCUT2D eigenvalue weighted by molar-refractivity contribution is 0.206. The molecule has 0 fully saturated rings. The molecule has 8 nitrogen and oxygen atoms in total. The summed E-state index contributed by atoms with van der Waals surface area (Å²) in [7, 11) is 0. The normalized spacial score (nSPS) is 10.0. The van der Waals surface area contributed by atoms with Gasteiger partial charge < -0.3 is 11.5 Å². The highest BCUT2D eigenvalue weighted by atomic mass is 16.2. The lowest BCUT2D eigenvalue weighted by Gasteiger charge is -2.14. The first kappa shape index (κ1) is 15.5. The van der Waals surface area contributed by atoms with Crippen LogP contribution in [0.1, 0.15) is 32.1 Å². The number of hydrazine groups is 2. The van der Waals surface area contributed by atoms with Crippen molar-refractivity contribution in [3.8, 4) is 0 Å². The summed E-state index contributed by atoms with van der Waals surface area (Å²) in [5.74, 6) is 10.6. The minimum absolute atomic E-state index is 0.458. The molecule has 0 aromatic carbocycles. The van der Waals surface area contributed by atoms with Crippen LogP contribution in [-0.2, 0) is 0 Å². The topological polar surface area (TPSA) is 145 Å². The van der Waals surface area contributed by atoms with Gasteiger partial charge in [-0.15, -0.1) is 0 Å². The third kappa shape index (κ3) is 8.29. The lowest BCUT2D eigenvalue weighted by Crippen LogP contribution is -2.42. The first-order valence-electron chi connectivity index (χ1n) is 5.58. The quantitative estimate of drug-likeness (QED) is 0.197. The van der Waals surface area contributed by atoms with Crippen molar-refractivity contribution in [2.45, 2.75) is 32.1 Å². The van der Waals surface area contributed by atoms with E-state index in [1.54, 1.807) is 0 Å². The summed E-state index contributed by atoms with van der Waals surface area (Å²) in [4.78, 5) is 21.1. The summed E-state index contributed by atoms with van der Waals surface area (Å²) in [6.07, 6.45) is 4.49. The number of rotatable bonds is 8. The number of hydrogen-bond donors (Lipinski definition) is 4. The van der Waals surface area contributed by atoms with Gasteiger partial charge >= 0.3 is 12.1 Å². The largest absolute Gasteiger partial charge is 0.350 e. The standard InChI is InChI=1S/C9H22N6O2/c10-8(16)14(12)6-4-2-1-3-5-7-15(13)9(11)17/h1-7,12-13H2,(H2,10,16)(H2,11,17). The molecular weight excluding hydrogens is 224 g/mol. The van der Waals surface area contributed by atoms with Crippen molar-refractivity contribution >= 4 is 12.1 Å². The number of nitrogens with zero attached hydrogens (tertiary/aromatic N) is 2. The Hall–Kier alpha value is -1.54. The van der Waals surface area contributed by atoms with Crippen molar-refractivity contribution in [2.75, 3.05) is 13.1 Å². The molecule has 0 aliphatic rings. The Morgan fingerprint density at radius 2 is 1.00 bits per heavy atom. The van der Waals surface area contributed by atoms with Crippen LogP contribution in [0.2, 0.25) is 0 Å². The number of nitrogens with two attached hydrogens (primary N) is 4. The van der Waals surface area contributed by atoms with Gasteiger partial charge in [0, 0.05) is 13.1 Å². The van der Waals surface area contributed by atoms with E-state index in [1.807, 2.05) is 0 Å². The summed E-state index contributed by atoms with van der Waals surface area (Å²) >= 11 is 0. The number of hydrogen-bond acceptors (Lipinski definition) is 4. The Morgan fingerprint density at radius 3 is 1.29 bits per heavy atom. The maximum atomic E-state index is 10.6. The van der Waals surface area contributed by atoms with Crippen LogP contribution >= 0.6 is 0 Å². The maximum absolute atomic E-state index is 10.6. The number of primary amides is 2. The smallest absolute Gasteiger partial charge is 0.328 e. The molecule has 0 heterocycles. The molecule has 0 spiro atoms. The summed E-state index contributed by atoms with van der Waals surface area (Å²) in [5, 5.41) is 1.99. The van der Waals surface area contributed by atoms with Gasteiger partial charge in [-0.3, -0.25) is 10.0 Å². The molecular formula is C9H22N6O2. The summed E-state index contributed by atoms with van der Waals surface area (Å²) < 4.78 is 0. The third-order valence-corrected chi connectivity index (χ3v) is 2.36. The van der Waals surface area contributed by atoms with Crippen molar-refractivity contribution < 1.29 is 9.59 Å². The molecule has 8 heteroatoms. The number of urea groups is 2. The van der Waals surface area contributed by atoms with Crippen LogP contribution in [0.15, 0.2) is 0 Å². The van der Waals surface area contributed by atoms with Gasteiger partial charge in [0.2, 0.25) is 0 Å². The van der Waals surface area contributed by atoms with Gasteiger partial charge in [0.05, 0.1) is 0 Å². The summed E-state index contributed by atoms with van der Waals surface area (Å²) in [6, 6.07) is -1.24. The number of amides is 4. The van der Waals surface area contributed by atoms with Crippen LogP contribution in [0.5, 0.6) is 0 Å². The molecule has 0 saturated carbocycles. The summed E-state index contributed by atoms with van der Waals surface area (Å²) in [6.45, 7) is 0.916. The molecule has 0 aliphatic heterocycles. The van der Waals surface area contributed by atoms with Gasteiger partial charge in [-0.05, 0) is 12.8 Å². The van der Waals surface area contributed by atoms with E-state index in [4.69, 9.17) is 23.2 Å². The molecule has 0 radical (unpaired) electrons. The van der Waals surface area contributed by atoms with Crippen LogP contribution in [0, 0.1) is 0 Å². The lowest BCUT2D eigenvalue weighted by atomic mass is 10.1. The zero-order chi connectivity index (χ0) is 13.3. The van der Waals surface area contributed by atoms with E-state index in [-0.39, 0.29) is 0 Å². The van der Waals surface area contributed by atoms with E-state index < -0.39 is 12.1 Å². The fourth-order valence-corrected chi connectivity index (χ4v) is 1.32. The first-order chi connectivity index (χ1) is 7.95. The molecule has 0 aliphatic carbocycles. The maximum Gasteiger partial charge on any atom is 0.328 e. The van der Waals surface area contributed by atoms with Crippen LogP contribution in [-0.4, -0.2) is 35.2 Å². The Labute approximate surface area is 101 Å². The fraction of sp³-hybridized carbons (Fsp3) is 0.778. The van der Waals surface area contributed by atoms with Crippen molar-refractivity contribution in [1.29, 1.82) is 0 Å². The van der Waals surface area contributed by atoms with Crippen LogP contribution < -0.4 is 23.2 Å². The Bertz CT molecular complexity index is 224. The number of unbranched alkanes of at least 4 members (excludes halogenated alkanes) is 4. The molecule has 0 rings (SSSR count). The summed E-state index contributed by atoms with van der Waals surface area (Å²) in [5.41, 5.74) is 9.92. The van der Waals surface area contributed by atoms with Gasteiger partial charge in [-0.25, -0.2) is 21.3 Å². The number of carbonyl (C=O) groups is 2. The molecule has 0 bridgehead atoms. The SMILES string of the molecule is NC(=O)N(N)CCCCCCCN(N)C(N)=O. The average molecular weight is 246 g/mol. The van der Waals surface area contributed by atoms with E-state index in [0.29, 0.717) is 13.1 Å². The number of carbonyl (C=O) groups excluding carboxylic acids is 2. The van der Waals surface area contributed by atoms with E-state index >= 15 is 0 Å². The molecule has 8 N–H and O–H groups in total. The van der Waals surface area contributed by atoms with E-state index in [1.165, 1.54) is 0 Å². The monoisotopic (exact) mass is 246 g/mol. The second kappa shape index (κ2) is 8.59. The highest BCUT2D eigenvalue weighted by Crippen LogP contribution is 2.03. The fourth-order valence-electron chi connectivity index (χ4n) is 1.32. The predicted octanol–water partition coefficient (Wildman–Crippen LogP) is -0.554.